The van der Waals surface area contributed by atoms with Gasteiger partial charge in [-0.1, -0.05) is 29.8 Å². The predicted octanol–water partition coefficient (Wildman–Crippen LogP) is -0.210. The highest BCUT2D eigenvalue weighted by Crippen LogP contribution is 2.16. The summed E-state index contributed by atoms with van der Waals surface area (Å²) in [5.41, 5.74) is 4.39. The number of hydrazone groups is 1. The number of amides is 4. The number of urea groups is 1. The molecule has 3 rings (SSSR count). The van der Waals surface area contributed by atoms with Crippen molar-refractivity contribution in [2.75, 3.05) is 20.6 Å². The van der Waals surface area contributed by atoms with Crippen LogP contribution in [0.5, 0.6) is 0 Å². The van der Waals surface area contributed by atoms with E-state index < -0.39 is 23.9 Å². The molecule has 2 heterocycles. The maximum absolute atomic E-state index is 12.4. The maximum atomic E-state index is 12.4. The van der Waals surface area contributed by atoms with E-state index in [1.54, 1.807) is 13.3 Å². The Kier molecular flexibility index (Phi) is 4.61. The largest absolute Gasteiger partial charge is 0.333 e. The zero-order chi connectivity index (χ0) is 18.8. The number of fused-ring (bicyclic) bond motifs is 1. The topological polar surface area (TPSA) is 97.5 Å². The number of carbonyl (C=O) groups is 3. The predicted molar refractivity (Wildman–Crippen MR) is 95.3 cm³/mol. The summed E-state index contributed by atoms with van der Waals surface area (Å²) in [6, 6.07) is 6.45. The summed E-state index contributed by atoms with van der Waals surface area (Å²) in [5, 5.41) is 3.93. The fraction of sp³-hybridized carbons (Fsp3) is 0.294. The fourth-order valence-electron chi connectivity index (χ4n) is 2.80. The molecule has 1 unspecified atom stereocenters. The molecule has 9 heteroatoms. The molecule has 0 saturated carbocycles. The van der Waals surface area contributed by atoms with E-state index in [-0.39, 0.29) is 6.54 Å². The van der Waals surface area contributed by atoms with Crippen molar-refractivity contribution in [2.45, 2.75) is 13.0 Å². The average molecular weight is 355 g/mol. The molecule has 1 atom stereocenters. The summed E-state index contributed by atoms with van der Waals surface area (Å²) in [5.74, 6) is -0.498. The molecule has 1 aromatic carbocycles. The minimum Gasteiger partial charge on any atom is -0.269 e. The third kappa shape index (κ3) is 3.23. The zero-order valence-corrected chi connectivity index (χ0v) is 14.7. The Morgan fingerprint density at radius 3 is 2.85 bits per heavy atom. The number of carbonyl (C=O) groups excluding carboxylic acids is 3. The Labute approximate surface area is 150 Å². The van der Waals surface area contributed by atoms with Crippen molar-refractivity contribution in [2.24, 2.45) is 10.1 Å². The van der Waals surface area contributed by atoms with E-state index >= 15 is 0 Å². The van der Waals surface area contributed by atoms with Gasteiger partial charge in [0.05, 0.1) is 6.21 Å². The van der Waals surface area contributed by atoms with Crippen molar-refractivity contribution < 1.29 is 19.0 Å². The van der Waals surface area contributed by atoms with Gasteiger partial charge in [0.15, 0.2) is 6.54 Å². The van der Waals surface area contributed by atoms with Crippen LogP contribution in [0.1, 0.15) is 11.1 Å². The molecule has 1 N–H and O–H groups in total. The molecule has 0 spiro atoms. The molecule has 0 aromatic heterocycles. The normalized spacial score (nSPS) is 19.6. The van der Waals surface area contributed by atoms with Gasteiger partial charge in [-0.25, -0.2) is 14.8 Å². The number of nitrogens with one attached hydrogen (secondary N) is 1. The molecule has 0 aliphatic carbocycles. The zero-order valence-electron chi connectivity index (χ0n) is 14.7. The van der Waals surface area contributed by atoms with Gasteiger partial charge in [0.2, 0.25) is 0 Å². The fourth-order valence-corrected chi connectivity index (χ4v) is 2.80. The highest BCUT2D eigenvalue weighted by Gasteiger charge is 2.50. The van der Waals surface area contributed by atoms with Crippen molar-refractivity contribution in [3.05, 3.63) is 35.4 Å². The summed E-state index contributed by atoms with van der Waals surface area (Å²) in [4.78, 5) is 42.8. The number of benzene rings is 1. The summed E-state index contributed by atoms with van der Waals surface area (Å²) < 4.78 is 1.48. The van der Waals surface area contributed by atoms with Gasteiger partial charge in [0.25, 0.3) is 30.0 Å². The van der Waals surface area contributed by atoms with Crippen LogP contribution in [0.15, 0.2) is 34.4 Å². The molecule has 0 radical (unpaired) electrons. The molecule has 9 nitrogen and oxygen atoms in total. The average Bonchev–Trinajstić information content (AvgIpc) is 3.02. The van der Waals surface area contributed by atoms with Crippen molar-refractivity contribution >= 4 is 36.2 Å². The lowest BCUT2D eigenvalue weighted by Gasteiger charge is -2.30. The van der Waals surface area contributed by atoms with E-state index in [2.05, 4.69) is 15.5 Å². The number of likely N-dealkylation sites (N-methyl/N-ethyl adjacent to an activating group) is 2. The first-order valence-electron chi connectivity index (χ1n) is 7.99. The summed E-state index contributed by atoms with van der Waals surface area (Å²) in [6.45, 7) is 1.86. The van der Waals surface area contributed by atoms with E-state index in [0.29, 0.717) is 5.84 Å². The van der Waals surface area contributed by atoms with Gasteiger partial charge in [-0.2, -0.15) is 5.10 Å². The standard InChI is InChI=1S/C17H18N6O3/c1-11-5-4-6-12(7-11)8-19-20-13(24)9-23-10-18-15-14(23)16(25)22(3)17(26)21(15)2/h4-8,10,14H,9H2,1-3H3/p+1/b19-8+. The highest BCUT2D eigenvalue weighted by atomic mass is 16.2. The molecule has 2 aliphatic rings. The minimum absolute atomic E-state index is 0.107. The van der Waals surface area contributed by atoms with Crippen LogP contribution < -0.4 is 5.43 Å². The first-order valence-corrected chi connectivity index (χ1v) is 7.99. The number of rotatable bonds is 4. The molecule has 26 heavy (non-hydrogen) atoms. The molecule has 4 amide bonds. The van der Waals surface area contributed by atoms with Crippen LogP contribution in [-0.4, -0.2) is 77.3 Å². The van der Waals surface area contributed by atoms with Gasteiger partial charge in [-0.05, 0) is 17.5 Å². The lowest BCUT2D eigenvalue weighted by Crippen LogP contribution is -2.61. The number of aliphatic imine (C=N–C) groups is 1. The lowest BCUT2D eigenvalue weighted by molar-refractivity contribution is -0.519. The molecule has 2 aliphatic heterocycles. The van der Waals surface area contributed by atoms with E-state index in [1.165, 1.54) is 22.9 Å². The highest BCUT2D eigenvalue weighted by molar-refractivity contribution is 6.21. The number of hydrogen-bond acceptors (Lipinski definition) is 5. The molecular weight excluding hydrogens is 336 g/mol. The third-order valence-corrected chi connectivity index (χ3v) is 4.17. The Morgan fingerprint density at radius 1 is 1.35 bits per heavy atom. The summed E-state index contributed by atoms with van der Waals surface area (Å²) in [7, 11) is 2.95. The van der Waals surface area contributed by atoms with Crippen LogP contribution >= 0.6 is 0 Å². The van der Waals surface area contributed by atoms with E-state index in [0.717, 1.165) is 16.0 Å². The maximum Gasteiger partial charge on any atom is 0.333 e. The van der Waals surface area contributed by atoms with Gasteiger partial charge in [-0.15, -0.1) is 0 Å². The monoisotopic (exact) mass is 355 g/mol. The van der Waals surface area contributed by atoms with Crippen molar-refractivity contribution in [1.82, 2.24) is 15.2 Å². The van der Waals surface area contributed by atoms with Crippen molar-refractivity contribution in [3.63, 3.8) is 0 Å². The van der Waals surface area contributed by atoms with Gasteiger partial charge in [-0.3, -0.25) is 19.4 Å². The van der Waals surface area contributed by atoms with Crippen LogP contribution in [0.25, 0.3) is 0 Å². The number of aryl methyl sites for hydroxylation is 1. The van der Waals surface area contributed by atoms with Crippen LogP contribution in [0.4, 0.5) is 4.79 Å². The van der Waals surface area contributed by atoms with Gasteiger partial charge in [0.1, 0.15) is 0 Å². The van der Waals surface area contributed by atoms with Crippen LogP contribution in [0, 0.1) is 6.92 Å². The SMILES string of the molecule is Cc1cccc(/C=N/NC(=O)C[N+]2=CN=C3C2C(=O)N(C)C(=O)N3C)c1. The van der Waals surface area contributed by atoms with Gasteiger partial charge in [0, 0.05) is 14.1 Å². The Hall–Kier alpha value is -3.36. The third-order valence-electron chi connectivity index (χ3n) is 4.17. The summed E-state index contributed by atoms with van der Waals surface area (Å²) >= 11 is 0. The Morgan fingerprint density at radius 2 is 2.12 bits per heavy atom. The molecule has 1 saturated heterocycles. The van der Waals surface area contributed by atoms with Gasteiger partial charge < -0.3 is 0 Å². The Balaban J connectivity index is 1.62. The lowest BCUT2D eigenvalue weighted by atomic mass is 10.1. The number of amidine groups is 1. The molecule has 1 aromatic rings. The second kappa shape index (κ2) is 6.87. The summed E-state index contributed by atoms with van der Waals surface area (Å²) in [6.07, 6.45) is 2.94. The van der Waals surface area contributed by atoms with E-state index in [9.17, 15) is 14.4 Å². The Bertz CT molecular complexity index is 873. The van der Waals surface area contributed by atoms with E-state index in [1.807, 2.05) is 31.2 Å². The minimum atomic E-state index is -0.783. The van der Waals surface area contributed by atoms with Gasteiger partial charge >= 0.3 is 6.03 Å². The van der Waals surface area contributed by atoms with E-state index in [4.69, 9.17) is 0 Å². The number of hydrogen-bond donors (Lipinski definition) is 1. The first kappa shape index (κ1) is 17.5. The first-order chi connectivity index (χ1) is 12.4. The smallest absolute Gasteiger partial charge is 0.269 e. The van der Waals surface area contributed by atoms with Crippen molar-refractivity contribution in [1.29, 1.82) is 0 Å². The van der Waals surface area contributed by atoms with Crippen molar-refractivity contribution in [3.8, 4) is 0 Å². The molecule has 1 fully saturated rings. The quantitative estimate of drug-likeness (QED) is 0.460. The number of nitrogens with zero attached hydrogens (tertiary/aromatic N) is 5. The number of imide groups is 1. The molecular formula is C17H19N6O3+. The molecule has 0 bridgehead atoms. The van der Waals surface area contributed by atoms with Crippen LogP contribution in [0.3, 0.4) is 0 Å². The second-order valence-electron chi connectivity index (χ2n) is 6.12. The van der Waals surface area contributed by atoms with Crippen LogP contribution in [-0.2, 0) is 9.59 Å². The van der Waals surface area contributed by atoms with Crippen LogP contribution in [0.2, 0.25) is 0 Å². The second-order valence-corrected chi connectivity index (χ2v) is 6.12. The molecule has 134 valence electrons.